The first-order chi connectivity index (χ1) is 8.74. The van der Waals surface area contributed by atoms with Gasteiger partial charge >= 0.3 is 0 Å². The van der Waals surface area contributed by atoms with Crippen molar-refractivity contribution in [3.05, 3.63) is 23.5 Å². The summed E-state index contributed by atoms with van der Waals surface area (Å²) in [5.74, 6) is -0.0240. The van der Waals surface area contributed by atoms with E-state index in [9.17, 15) is 15.3 Å². The molecule has 0 aliphatic heterocycles. The van der Waals surface area contributed by atoms with E-state index in [0.717, 1.165) is 12.8 Å². The number of aromatic hydroxyl groups is 1. The Balaban J connectivity index is 2.18. The SMILES string of the molecule is CC1(C)C[C@H]2[C@H](O)c3cncc(O)c3[C@](C)(O)[C@H]2C1. The van der Waals surface area contributed by atoms with E-state index in [2.05, 4.69) is 18.8 Å². The van der Waals surface area contributed by atoms with Gasteiger partial charge in [0.05, 0.1) is 17.9 Å². The fourth-order valence-corrected chi connectivity index (χ4v) is 4.21. The Morgan fingerprint density at radius 2 is 1.89 bits per heavy atom. The molecule has 1 fully saturated rings. The van der Waals surface area contributed by atoms with Gasteiger partial charge in [0, 0.05) is 17.3 Å². The molecular weight excluding hydrogens is 242 g/mol. The molecule has 0 amide bonds. The standard InChI is InChI=1S/C15H21NO3/c1-14(2)4-8-10(5-14)15(3,19)12-9(13(8)18)6-16-7-11(12)17/h6-8,10,13,17-19H,4-5H2,1-3H3/t8-,10+,13+,15-/m1/s1. The second kappa shape index (κ2) is 3.70. The van der Waals surface area contributed by atoms with Crippen molar-refractivity contribution in [2.24, 2.45) is 17.3 Å². The van der Waals surface area contributed by atoms with Crippen LogP contribution < -0.4 is 0 Å². The zero-order chi connectivity index (χ0) is 14.0. The zero-order valence-corrected chi connectivity index (χ0v) is 11.6. The van der Waals surface area contributed by atoms with Gasteiger partial charge in [0.15, 0.2) is 0 Å². The molecule has 4 nitrogen and oxygen atoms in total. The summed E-state index contributed by atoms with van der Waals surface area (Å²) < 4.78 is 0. The predicted octanol–water partition coefficient (Wildman–Crippen LogP) is 2.09. The van der Waals surface area contributed by atoms with Gasteiger partial charge in [0.25, 0.3) is 0 Å². The van der Waals surface area contributed by atoms with Crippen LogP contribution in [0.3, 0.4) is 0 Å². The van der Waals surface area contributed by atoms with Crippen molar-refractivity contribution in [1.29, 1.82) is 0 Å². The van der Waals surface area contributed by atoms with Crippen LogP contribution in [0, 0.1) is 17.3 Å². The van der Waals surface area contributed by atoms with Crippen LogP contribution in [0.15, 0.2) is 12.4 Å². The van der Waals surface area contributed by atoms with Crippen LogP contribution in [0.2, 0.25) is 0 Å². The molecule has 1 saturated carbocycles. The minimum absolute atomic E-state index is 0.0234. The van der Waals surface area contributed by atoms with E-state index in [1.807, 2.05) is 0 Å². The summed E-state index contributed by atoms with van der Waals surface area (Å²) in [6, 6.07) is 0. The van der Waals surface area contributed by atoms with E-state index in [1.165, 1.54) is 6.20 Å². The average molecular weight is 263 g/mol. The van der Waals surface area contributed by atoms with Crippen molar-refractivity contribution in [3.8, 4) is 5.75 Å². The molecule has 19 heavy (non-hydrogen) atoms. The molecular formula is C15H21NO3. The minimum Gasteiger partial charge on any atom is -0.506 e. The van der Waals surface area contributed by atoms with Gasteiger partial charge < -0.3 is 15.3 Å². The highest BCUT2D eigenvalue weighted by molar-refractivity contribution is 5.45. The average Bonchev–Trinajstić information content (AvgIpc) is 2.63. The van der Waals surface area contributed by atoms with Crippen LogP contribution >= 0.6 is 0 Å². The first-order valence-corrected chi connectivity index (χ1v) is 6.82. The molecule has 1 aromatic rings. The minimum atomic E-state index is -1.11. The highest BCUT2D eigenvalue weighted by atomic mass is 16.3. The molecule has 1 heterocycles. The lowest BCUT2D eigenvalue weighted by atomic mass is 9.67. The predicted molar refractivity (Wildman–Crippen MR) is 70.4 cm³/mol. The van der Waals surface area contributed by atoms with E-state index in [-0.39, 0.29) is 23.0 Å². The summed E-state index contributed by atoms with van der Waals surface area (Å²) in [7, 11) is 0. The Bertz CT molecular complexity index is 524. The van der Waals surface area contributed by atoms with Crippen LogP contribution in [0.4, 0.5) is 0 Å². The second-order valence-electron chi connectivity index (χ2n) is 7.06. The molecule has 104 valence electrons. The summed E-state index contributed by atoms with van der Waals surface area (Å²) in [5.41, 5.74) is 0.0173. The number of hydrogen-bond acceptors (Lipinski definition) is 4. The monoisotopic (exact) mass is 263 g/mol. The van der Waals surface area contributed by atoms with E-state index >= 15 is 0 Å². The van der Waals surface area contributed by atoms with E-state index in [1.54, 1.807) is 13.1 Å². The summed E-state index contributed by atoms with van der Waals surface area (Å²) >= 11 is 0. The van der Waals surface area contributed by atoms with Crippen molar-refractivity contribution in [3.63, 3.8) is 0 Å². The fourth-order valence-electron chi connectivity index (χ4n) is 4.21. The molecule has 2 aliphatic carbocycles. The van der Waals surface area contributed by atoms with Gasteiger partial charge in [-0.1, -0.05) is 13.8 Å². The smallest absolute Gasteiger partial charge is 0.140 e. The van der Waals surface area contributed by atoms with Gasteiger partial charge in [-0.05, 0) is 37.0 Å². The van der Waals surface area contributed by atoms with Gasteiger partial charge in [0.2, 0.25) is 0 Å². The fraction of sp³-hybridized carbons (Fsp3) is 0.667. The number of fused-ring (bicyclic) bond motifs is 2. The van der Waals surface area contributed by atoms with Crippen LogP contribution in [0.25, 0.3) is 0 Å². The van der Waals surface area contributed by atoms with E-state index in [0.29, 0.717) is 11.1 Å². The van der Waals surface area contributed by atoms with Crippen molar-refractivity contribution in [1.82, 2.24) is 4.98 Å². The van der Waals surface area contributed by atoms with Crippen molar-refractivity contribution in [2.75, 3.05) is 0 Å². The van der Waals surface area contributed by atoms with Gasteiger partial charge in [-0.15, -0.1) is 0 Å². The van der Waals surface area contributed by atoms with Crippen LogP contribution in [-0.4, -0.2) is 20.3 Å². The molecule has 0 aromatic carbocycles. The lowest BCUT2D eigenvalue weighted by Crippen LogP contribution is -2.42. The molecule has 1 aromatic heterocycles. The van der Waals surface area contributed by atoms with Crippen molar-refractivity contribution in [2.45, 2.75) is 45.3 Å². The van der Waals surface area contributed by atoms with Crippen LogP contribution in [-0.2, 0) is 5.60 Å². The number of nitrogens with zero attached hydrogens (tertiary/aromatic N) is 1. The van der Waals surface area contributed by atoms with Crippen LogP contribution in [0.1, 0.15) is 50.8 Å². The Labute approximate surface area is 113 Å². The molecule has 0 saturated heterocycles. The molecule has 2 aliphatic rings. The first-order valence-electron chi connectivity index (χ1n) is 6.82. The Hall–Kier alpha value is -1.13. The van der Waals surface area contributed by atoms with Crippen LogP contribution in [0.5, 0.6) is 5.75 Å². The molecule has 0 unspecified atom stereocenters. The topological polar surface area (TPSA) is 73.6 Å². The molecule has 0 bridgehead atoms. The second-order valence-corrected chi connectivity index (χ2v) is 7.06. The number of aliphatic hydroxyl groups excluding tert-OH is 1. The molecule has 4 atom stereocenters. The first kappa shape index (κ1) is 12.9. The quantitative estimate of drug-likeness (QED) is 0.670. The van der Waals surface area contributed by atoms with Gasteiger partial charge in [-0.3, -0.25) is 4.98 Å². The summed E-state index contributed by atoms with van der Waals surface area (Å²) in [6.07, 6.45) is 3.98. The summed E-state index contributed by atoms with van der Waals surface area (Å²) in [4.78, 5) is 3.94. The highest BCUT2D eigenvalue weighted by Crippen LogP contribution is 2.60. The van der Waals surface area contributed by atoms with Gasteiger partial charge in [-0.25, -0.2) is 0 Å². The maximum atomic E-state index is 10.9. The van der Waals surface area contributed by atoms with E-state index < -0.39 is 11.7 Å². The highest BCUT2D eigenvalue weighted by Gasteiger charge is 2.55. The molecule has 3 rings (SSSR count). The van der Waals surface area contributed by atoms with Gasteiger partial charge in [0.1, 0.15) is 5.75 Å². The zero-order valence-electron chi connectivity index (χ0n) is 11.6. The third kappa shape index (κ3) is 1.70. The molecule has 0 radical (unpaired) electrons. The number of pyridine rings is 1. The third-order valence-electron chi connectivity index (χ3n) is 4.99. The lowest BCUT2D eigenvalue weighted by molar-refractivity contribution is -0.0722. The Morgan fingerprint density at radius 1 is 1.21 bits per heavy atom. The number of rotatable bonds is 0. The van der Waals surface area contributed by atoms with Gasteiger partial charge in [-0.2, -0.15) is 0 Å². The molecule has 4 heteroatoms. The molecule has 0 spiro atoms. The lowest BCUT2D eigenvalue weighted by Gasteiger charge is -2.43. The maximum Gasteiger partial charge on any atom is 0.140 e. The number of hydrogen-bond donors (Lipinski definition) is 3. The Morgan fingerprint density at radius 3 is 2.58 bits per heavy atom. The Kier molecular flexibility index (Phi) is 2.51. The molecule has 3 N–H and O–H groups in total. The third-order valence-corrected chi connectivity index (χ3v) is 4.99. The number of aromatic nitrogens is 1. The summed E-state index contributed by atoms with van der Waals surface area (Å²) in [6.45, 7) is 6.07. The largest absolute Gasteiger partial charge is 0.506 e. The normalized spacial score (nSPS) is 39.7. The van der Waals surface area contributed by atoms with Crippen molar-refractivity contribution < 1.29 is 15.3 Å². The maximum absolute atomic E-state index is 10.9. The van der Waals surface area contributed by atoms with Crippen molar-refractivity contribution >= 4 is 0 Å². The van der Waals surface area contributed by atoms with E-state index in [4.69, 9.17) is 0 Å². The number of aliphatic hydroxyl groups is 2. The summed E-state index contributed by atoms with van der Waals surface area (Å²) in [5, 5.41) is 31.5.